The number of aldehydes is 1. The lowest BCUT2D eigenvalue weighted by Crippen LogP contribution is -2.43. The molecule has 0 saturated carbocycles. The van der Waals surface area contributed by atoms with Crippen LogP contribution in [0.25, 0.3) is 0 Å². The molecule has 0 radical (unpaired) electrons. The van der Waals surface area contributed by atoms with Crippen LogP contribution in [0.5, 0.6) is 0 Å². The molecular formula is C5H3F7O. The van der Waals surface area contributed by atoms with Gasteiger partial charge in [-0.25, -0.2) is 4.39 Å². The molecule has 1 unspecified atom stereocenters. The van der Waals surface area contributed by atoms with Gasteiger partial charge in [0.1, 0.15) is 0 Å². The Bertz CT molecular complexity index is 166. The van der Waals surface area contributed by atoms with Gasteiger partial charge in [0.05, 0.1) is 0 Å². The molecule has 0 N–H and O–H groups in total. The predicted octanol–water partition coefficient (Wildman–Crippen LogP) is 2.26. The molecule has 0 amide bonds. The quantitative estimate of drug-likeness (QED) is 0.506. The van der Waals surface area contributed by atoms with Crippen LogP contribution in [0.3, 0.4) is 0 Å². The lowest BCUT2D eigenvalue weighted by molar-refractivity contribution is -0.295. The highest BCUT2D eigenvalue weighted by Gasteiger charge is 2.60. The van der Waals surface area contributed by atoms with Crippen molar-refractivity contribution < 1.29 is 35.5 Å². The normalized spacial score (nSPS) is 16.0. The molecule has 13 heavy (non-hydrogen) atoms. The number of rotatable bonds is 2. The predicted molar refractivity (Wildman–Crippen MR) is 26.6 cm³/mol. The molecule has 8 heteroatoms. The van der Waals surface area contributed by atoms with Gasteiger partial charge >= 0.3 is 12.4 Å². The average molecular weight is 212 g/mol. The molecule has 0 fully saturated rings. The van der Waals surface area contributed by atoms with Gasteiger partial charge in [-0.1, -0.05) is 0 Å². The van der Waals surface area contributed by atoms with Crippen molar-refractivity contribution in [3.05, 3.63) is 0 Å². The Morgan fingerprint density at radius 2 is 1.23 bits per heavy atom. The van der Waals surface area contributed by atoms with Crippen LogP contribution in [-0.4, -0.2) is 24.8 Å². The van der Waals surface area contributed by atoms with Crippen molar-refractivity contribution in [2.45, 2.75) is 18.5 Å². The minimum atomic E-state index is -5.81. The van der Waals surface area contributed by atoms with Crippen molar-refractivity contribution in [3.63, 3.8) is 0 Å². The van der Waals surface area contributed by atoms with Crippen LogP contribution >= 0.6 is 0 Å². The minimum absolute atomic E-state index is 1.02. The van der Waals surface area contributed by atoms with Gasteiger partial charge in [-0.2, -0.15) is 26.3 Å². The fourth-order valence-corrected chi connectivity index (χ4v) is 0.625. The van der Waals surface area contributed by atoms with Crippen LogP contribution in [0.1, 0.15) is 0 Å². The van der Waals surface area contributed by atoms with Crippen molar-refractivity contribution in [1.82, 2.24) is 0 Å². The third-order valence-electron chi connectivity index (χ3n) is 1.15. The number of carbonyl (C=O) groups is 1. The van der Waals surface area contributed by atoms with Gasteiger partial charge in [-0.05, 0) is 0 Å². The molecular weight excluding hydrogens is 209 g/mol. The van der Waals surface area contributed by atoms with E-state index in [0.29, 0.717) is 0 Å². The van der Waals surface area contributed by atoms with Crippen LogP contribution in [0, 0.1) is 5.92 Å². The Hall–Kier alpha value is -0.820. The number of hydrogen-bond donors (Lipinski definition) is 0. The standard InChI is InChI=1S/C5H3F7O/c6-2(1-13)3(4(7,8)9)5(10,11)12/h1-3H. The van der Waals surface area contributed by atoms with Crippen LogP contribution in [-0.2, 0) is 4.79 Å². The average Bonchev–Trinajstić information content (AvgIpc) is 1.80. The summed E-state index contributed by atoms with van der Waals surface area (Å²) in [7, 11) is 0. The zero-order chi connectivity index (χ0) is 10.9. The molecule has 0 aliphatic carbocycles. The van der Waals surface area contributed by atoms with E-state index in [1.165, 1.54) is 0 Å². The summed E-state index contributed by atoms with van der Waals surface area (Å²) in [4.78, 5) is 9.46. The Morgan fingerprint density at radius 1 is 0.923 bits per heavy atom. The van der Waals surface area contributed by atoms with Gasteiger partial charge in [0.2, 0.25) is 0 Å². The monoisotopic (exact) mass is 212 g/mol. The first-order chi connectivity index (χ1) is 5.60. The van der Waals surface area contributed by atoms with E-state index in [4.69, 9.17) is 0 Å². The second-order valence-corrected chi connectivity index (χ2v) is 2.14. The van der Waals surface area contributed by atoms with Crippen LogP contribution < -0.4 is 0 Å². The molecule has 0 aromatic carbocycles. The Kier molecular flexibility index (Phi) is 3.28. The van der Waals surface area contributed by atoms with E-state index in [1.807, 2.05) is 0 Å². The second kappa shape index (κ2) is 3.51. The first kappa shape index (κ1) is 12.2. The highest BCUT2D eigenvalue weighted by atomic mass is 19.4. The first-order valence-corrected chi connectivity index (χ1v) is 2.83. The molecule has 0 aliphatic heterocycles. The number of carbonyl (C=O) groups excluding carboxylic acids is 1. The molecule has 1 nitrogen and oxygen atoms in total. The summed E-state index contributed by atoms with van der Waals surface area (Å²) >= 11 is 0. The second-order valence-electron chi connectivity index (χ2n) is 2.14. The van der Waals surface area contributed by atoms with E-state index in [2.05, 4.69) is 0 Å². The van der Waals surface area contributed by atoms with E-state index >= 15 is 0 Å². The highest BCUT2D eigenvalue weighted by molar-refractivity contribution is 5.56. The third kappa shape index (κ3) is 3.19. The van der Waals surface area contributed by atoms with Crippen molar-refractivity contribution in [2.75, 3.05) is 0 Å². The SMILES string of the molecule is O=CC(F)C(C(F)(F)F)C(F)(F)F. The fraction of sp³-hybridized carbons (Fsp3) is 0.800. The summed E-state index contributed by atoms with van der Waals surface area (Å²) in [5.74, 6) is -4.24. The van der Waals surface area contributed by atoms with Crippen molar-refractivity contribution in [1.29, 1.82) is 0 Å². The van der Waals surface area contributed by atoms with Crippen molar-refractivity contribution in [3.8, 4) is 0 Å². The van der Waals surface area contributed by atoms with E-state index in [9.17, 15) is 35.5 Å². The molecule has 0 rings (SSSR count). The zero-order valence-corrected chi connectivity index (χ0v) is 5.79. The lowest BCUT2D eigenvalue weighted by atomic mass is 10.0. The molecule has 0 heterocycles. The first-order valence-electron chi connectivity index (χ1n) is 2.83. The number of hydrogen-bond acceptors (Lipinski definition) is 1. The van der Waals surface area contributed by atoms with Crippen molar-refractivity contribution >= 4 is 6.29 Å². The van der Waals surface area contributed by atoms with E-state index in [1.54, 1.807) is 0 Å². The van der Waals surface area contributed by atoms with Crippen LogP contribution in [0.15, 0.2) is 0 Å². The summed E-state index contributed by atoms with van der Waals surface area (Å²) < 4.78 is 81.2. The summed E-state index contributed by atoms with van der Waals surface area (Å²) in [6.07, 6.45) is -16.2. The molecule has 0 saturated heterocycles. The summed E-state index contributed by atoms with van der Waals surface area (Å²) in [6, 6.07) is 0. The smallest absolute Gasteiger partial charge is 0.300 e. The van der Waals surface area contributed by atoms with Gasteiger partial charge in [-0.3, -0.25) is 0 Å². The molecule has 78 valence electrons. The molecule has 0 aromatic heterocycles. The number of halogens is 7. The highest BCUT2D eigenvalue weighted by Crippen LogP contribution is 2.41. The van der Waals surface area contributed by atoms with Gasteiger partial charge in [0.15, 0.2) is 18.4 Å². The Labute approximate surface area is 67.5 Å². The van der Waals surface area contributed by atoms with Crippen LogP contribution in [0.2, 0.25) is 0 Å². The summed E-state index contributed by atoms with van der Waals surface area (Å²) in [5, 5.41) is 0. The number of alkyl halides is 7. The molecule has 0 spiro atoms. The van der Waals surface area contributed by atoms with E-state index in [-0.39, 0.29) is 0 Å². The lowest BCUT2D eigenvalue weighted by Gasteiger charge is -2.22. The van der Waals surface area contributed by atoms with Gasteiger partial charge in [0, 0.05) is 0 Å². The molecule has 1 atom stereocenters. The van der Waals surface area contributed by atoms with E-state index < -0.39 is 30.7 Å². The van der Waals surface area contributed by atoms with Gasteiger partial charge in [0.25, 0.3) is 0 Å². The van der Waals surface area contributed by atoms with E-state index in [0.717, 1.165) is 0 Å². The fourth-order valence-electron chi connectivity index (χ4n) is 0.625. The van der Waals surface area contributed by atoms with Gasteiger partial charge in [-0.15, -0.1) is 0 Å². The van der Waals surface area contributed by atoms with Gasteiger partial charge < -0.3 is 4.79 Å². The topological polar surface area (TPSA) is 17.1 Å². The third-order valence-corrected chi connectivity index (χ3v) is 1.15. The molecule has 0 aromatic rings. The van der Waals surface area contributed by atoms with Crippen molar-refractivity contribution in [2.24, 2.45) is 5.92 Å². The largest absolute Gasteiger partial charge is 0.403 e. The summed E-state index contributed by atoms with van der Waals surface area (Å²) in [5.41, 5.74) is 0. The zero-order valence-electron chi connectivity index (χ0n) is 5.79. The molecule has 0 aliphatic rings. The van der Waals surface area contributed by atoms with Crippen LogP contribution in [0.4, 0.5) is 30.7 Å². The Morgan fingerprint density at radius 3 is 1.31 bits per heavy atom. The maximum absolute atomic E-state index is 12.0. The Balaban J connectivity index is 4.88. The maximum atomic E-state index is 12.0. The molecule has 0 bridgehead atoms. The summed E-state index contributed by atoms with van der Waals surface area (Å²) in [6.45, 7) is 0. The minimum Gasteiger partial charge on any atom is -0.300 e. The maximum Gasteiger partial charge on any atom is 0.403 e.